The molecule has 1 aromatic rings. The van der Waals surface area contributed by atoms with E-state index in [1.165, 1.54) is 12.1 Å². The predicted octanol–water partition coefficient (Wildman–Crippen LogP) is 2.23. The van der Waals surface area contributed by atoms with Crippen LogP contribution in [0.1, 0.15) is 6.92 Å². The highest BCUT2D eigenvalue weighted by Crippen LogP contribution is 2.19. The minimum Gasteiger partial charge on any atom is -0.505 e. The lowest BCUT2D eigenvalue weighted by molar-refractivity contribution is 0.164. The highest BCUT2D eigenvalue weighted by Gasteiger charge is 2.03. The molecular weight excluding hydrogens is 197 g/mol. The van der Waals surface area contributed by atoms with Crippen molar-refractivity contribution in [1.29, 1.82) is 0 Å². The molecule has 0 heterocycles. The Morgan fingerprint density at radius 1 is 1.53 bits per heavy atom. The van der Waals surface area contributed by atoms with Crippen molar-refractivity contribution in [2.75, 3.05) is 25.6 Å². The van der Waals surface area contributed by atoms with Gasteiger partial charge < -0.3 is 15.2 Å². The van der Waals surface area contributed by atoms with E-state index in [2.05, 4.69) is 5.32 Å². The summed E-state index contributed by atoms with van der Waals surface area (Å²) in [7, 11) is 1.65. The summed E-state index contributed by atoms with van der Waals surface area (Å²) in [5, 5.41) is 12.0. The molecule has 0 aliphatic carbocycles. The van der Waals surface area contributed by atoms with Gasteiger partial charge in [0, 0.05) is 25.4 Å². The first-order chi connectivity index (χ1) is 7.13. The highest BCUT2D eigenvalue weighted by atomic mass is 19.1. The first kappa shape index (κ1) is 11.8. The number of benzene rings is 1. The summed E-state index contributed by atoms with van der Waals surface area (Å²) in [6.07, 6.45) is 0. The van der Waals surface area contributed by atoms with Gasteiger partial charge in [-0.2, -0.15) is 0 Å². The van der Waals surface area contributed by atoms with Crippen LogP contribution in [0.2, 0.25) is 0 Å². The average Bonchev–Trinajstić information content (AvgIpc) is 2.20. The number of ether oxygens (including phenoxy) is 1. The van der Waals surface area contributed by atoms with Gasteiger partial charge in [0.1, 0.15) is 0 Å². The number of anilines is 1. The lowest BCUT2D eigenvalue weighted by atomic mass is 10.2. The second kappa shape index (κ2) is 5.56. The number of hydrogen-bond donors (Lipinski definition) is 2. The first-order valence-corrected chi connectivity index (χ1v) is 4.84. The Hall–Kier alpha value is -1.29. The van der Waals surface area contributed by atoms with Crippen molar-refractivity contribution in [2.24, 2.45) is 5.92 Å². The quantitative estimate of drug-likeness (QED) is 0.737. The molecular formula is C11H16FNO2. The molecule has 15 heavy (non-hydrogen) atoms. The maximum atomic E-state index is 12.9. The third-order valence-electron chi connectivity index (χ3n) is 2.05. The molecule has 0 saturated carbocycles. The smallest absolute Gasteiger partial charge is 0.166 e. The van der Waals surface area contributed by atoms with Crippen LogP contribution in [0.25, 0.3) is 0 Å². The average molecular weight is 213 g/mol. The highest BCUT2D eigenvalue weighted by molar-refractivity contribution is 5.46. The van der Waals surface area contributed by atoms with E-state index in [4.69, 9.17) is 9.84 Å². The van der Waals surface area contributed by atoms with Gasteiger partial charge in [-0.05, 0) is 18.1 Å². The summed E-state index contributed by atoms with van der Waals surface area (Å²) in [4.78, 5) is 0. The summed E-state index contributed by atoms with van der Waals surface area (Å²) in [5.41, 5.74) is 0.660. The summed E-state index contributed by atoms with van der Waals surface area (Å²) >= 11 is 0. The Labute approximate surface area is 88.9 Å². The van der Waals surface area contributed by atoms with Gasteiger partial charge in [-0.15, -0.1) is 0 Å². The van der Waals surface area contributed by atoms with Gasteiger partial charge >= 0.3 is 0 Å². The van der Waals surface area contributed by atoms with Gasteiger partial charge in [-0.25, -0.2) is 4.39 Å². The molecule has 3 nitrogen and oxygen atoms in total. The van der Waals surface area contributed by atoms with Gasteiger partial charge in [0.15, 0.2) is 11.6 Å². The predicted molar refractivity (Wildman–Crippen MR) is 57.6 cm³/mol. The Kier molecular flexibility index (Phi) is 4.37. The third-order valence-corrected chi connectivity index (χ3v) is 2.05. The van der Waals surface area contributed by atoms with Crippen LogP contribution < -0.4 is 5.32 Å². The molecule has 0 spiro atoms. The van der Waals surface area contributed by atoms with Gasteiger partial charge in [-0.1, -0.05) is 6.92 Å². The molecule has 0 fully saturated rings. The summed E-state index contributed by atoms with van der Waals surface area (Å²) in [5.74, 6) is -0.586. The van der Waals surface area contributed by atoms with E-state index in [0.717, 1.165) is 0 Å². The van der Waals surface area contributed by atoms with E-state index < -0.39 is 5.82 Å². The lowest BCUT2D eigenvalue weighted by Gasteiger charge is -2.12. The molecule has 84 valence electrons. The standard InChI is InChI=1S/C11H16FNO2/c1-8(7-15-2)6-13-9-3-4-11(14)10(12)5-9/h3-5,8,13-14H,6-7H2,1-2H3. The van der Waals surface area contributed by atoms with Crippen molar-refractivity contribution in [2.45, 2.75) is 6.92 Å². The fourth-order valence-corrected chi connectivity index (χ4v) is 1.25. The molecule has 0 amide bonds. The molecule has 0 aliphatic heterocycles. The molecule has 1 atom stereocenters. The zero-order valence-corrected chi connectivity index (χ0v) is 8.96. The van der Waals surface area contributed by atoms with Gasteiger partial charge in [0.2, 0.25) is 0 Å². The Balaban J connectivity index is 2.47. The number of methoxy groups -OCH3 is 1. The second-order valence-electron chi connectivity index (χ2n) is 3.61. The van der Waals surface area contributed by atoms with Gasteiger partial charge in [0.25, 0.3) is 0 Å². The Morgan fingerprint density at radius 2 is 2.27 bits per heavy atom. The maximum absolute atomic E-state index is 12.9. The van der Waals surface area contributed by atoms with Crippen molar-refractivity contribution >= 4 is 5.69 Å². The van der Waals surface area contributed by atoms with E-state index in [9.17, 15) is 4.39 Å². The van der Waals surface area contributed by atoms with Crippen molar-refractivity contribution in [3.8, 4) is 5.75 Å². The van der Waals surface area contributed by atoms with Crippen LogP contribution in [0.15, 0.2) is 18.2 Å². The summed E-state index contributed by atoms with van der Waals surface area (Å²) < 4.78 is 17.9. The van der Waals surface area contributed by atoms with Gasteiger partial charge in [-0.3, -0.25) is 0 Å². The molecule has 0 saturated heterocycles. The third kappa shape index (κ3) is 3.75. The number of aromatic hydroxyl groups is 1. The van der Waals surface area contributed by atoms with Crippen molar-refractivity contribution in [1.82, 2.24) is 0 Å². The van der Waals surface area contributed by atoms with Crippen LogP contribution in [0.3, 0.4) is 0 Å². The monoisotopic (exact) mass is 213 g/mol. The van der Waals surface area contributed by atoms with E-state index >= 15 is 0 Å². The Bertz CT molecular complexity index is 317. The number of nitrogens with one attached hydrogen (secondary N) is 1. The van der Waals surface area contributed by atoms with Crippen LogP contribution in [-0.4, -0.2) is 25.4 Å². The molecule has 1 aromatic carbocycles. The van der Waals surface area contributed by atoms with Crippen LogP contribution in [0.5, 0.6) is 5.75 Å². The molecule has 0 radical (unpaired) electrons. The molecule has 0 aromatic heterocycles. The molecule has 4 heteroatoms. The number of halogens is 1. The van der Waals surface area contributed by atoms with E-state index in [1.807, 2.05) is 6.92 Å². The molecule has 1 unspecified atom stereocenters. The fourth-order valence-electron chi connectivity index (χ4n) is 1.25. The number of rotatable bonds is 5. The van der Waals surface area contributed by atoms with Crippen molar-refractivity contribution < 1.29 is 14.2 Å². The molecule has 0 bridgehead atoms. The minimum atomic E-state index is -0.612. The molecule has 1 rings (SSSR count). The van der Waals surface area contributed by atoms with E-state index in [-0.39, 0.29) is 5.75 Å². The second-order valence-corrected chi connectivity index (χ2v) is 3.61. The van der Waals surface area contributed by atoms with E-state index in [0.29, 0.717) is 24.8 Å². The maximum Gasteiger partial charge on any atom is 0.166 e. The van der Waals surface area contributed by atoms with Crippen LogP contribution in [0, 0.1) is 11.7 Å². The Morgan fingerprint density at radius 3 is 2.87 bits per heavy atom. The van der Waals surface area contributed by atoms with Crippen LogP contribution in [-0.2, 0) is 4.74 Å². The lowest BCUT2D eigenvalue weighted by Crippen LogP contribution is -2.15. The summed E-state index contributed by atoms with van der Waals surface area (Å²) in [6.45, 7) is 3.40. The van der Waals surface area contributed by atoms with Crippen LogP contribution in [0.4, 0.5) is 10.1 Å². The topological polar surface area (TPSA) is 41.5 Å². The van der Waals surface area contributed by atoms with E-state index in [1.54, 1.807) is 13.2 Å². The first-order valence-electron chi connectivity index (χ1n) is 4.84. The summed E-state index contributed by atoms with van der Waals surface area (Å²) in [6, 6.07) is 4.24. The number of phenolic OH excluding ortho intramolecular Hbond substituents is 1. The minimum absolute atomic E-state index is 0.328. The molecule has 0 aliphatic rings. The number of phenols is 1. The number of hydrogen-bond acceptors (Lipinski definition) is 3. The molecule has 2 N–H and O–H groups in total. The van der Waals surface area contributed by atoms with Crippen molar-refractivity contribution in [3.05, 3.63) is 24.0 Å². The largest absolute Gasteiger partial charge is 0.505 e. The SMILES string of the molecule is COCC(C)CNc1ccc(O)c(F)c1. The van der Waals surface area contributed by atoms with Crippen LogP contribution >= 0.6 is 0 Å². The zero-order valence-electron chi connectivity index (χ0n) is 8.96. The normalized spacial score (nSPS) is 12.5. The van der Waals surface area contributed by atoms with Crippen molar-refractivity contribution in [3.63, 3.8) is 0 Å². The fraction of sp³-hybridized carbons (Fsp3) is 0.455. The zero-order chi connectivity index (χ0) is 11.3. The van der Waals surface area contributed by atoms with Gasteiger partial charge in [0.05, 0.1) is 6.61 Å².